The molecule has 114 valence electrons. The Morgan fingerprint density at radius 2 is 2.10 bits per heavy atom. The molecule has 1 unspecified atom stereocenters. The smallest absolute Gasteiger partial charge is 0.241 e. The van der Waals surface area contributed by atoms with Gasteiger partial charge in [0.15, 0.2) is 0 Å². The van der Waals surface area contributed by atoms with E-state index in [1.807, 2.05) is 0 Å². The number of imidazole rings is 1. The molecule has 1 aromatic carbocycles. The van der Waals surface area contributed by atoms with Gasteiger partial charge in [-0.25, -0.2) is 18.1 Å². The molecule has 0 aliphatic rings. The van der Waals surface area contributed by atoms with Gasteiger partial charge in [-0.1, -0.05) is 0 Å². The number of aromatic nitrogens is 2. The van der Waals surface area contributed by atoms with Crippen LogP contribution in [0.25, 0.3) is 0 Å². The molecule has 1 heterocycles. The third kappa shape index (κ3) is 4.03. The van der Waals surface area contributed by atoms with E-state index in [4.69, 9.17) is 10.5 Å². The van der Waals surface area contributed by atoms with Crippen molar-refractivity contribution in [2.75, 3.05) is 13.2 Å². The van der Waals surface area contributed by atoms with E-state index in [1.165, 1.54) is 12.1 Å². The van der Waals surface area contributed by atoms with E-state index in [1.54, 1.807) is 31.5 Å². The van der Waals surface area contributed by atoms with Crippen LogP contribution in [0.3, 0.4) is 0 Å². The first kappa shape index (κ1) is 15.5. The first-order chi connectivity index (χ1) is 10.0. The molecule has 0 fully saturated rings. The number of rotatable bonds is 7. The summed E-state index contributed by atoms with van der Waals surface area (Å²) in [5.74, 6) is 1.14. The van der Waals surface area contributed by atoms with Crippen LogP contribution in [-0.4, -0.2) is 31.5 Å². The third-order valence-electron chi connectivity index (χ3n) is 2.78. The molecule has 0 radical (unpaired) electrons. The molecule has 0 bridgehead atoms. The molecule has 0 aliphatic heterocycles. The van der Waals surface area contributed by atoms with E-state index in [9.17, 15) is 8.42 Å². The molecule has 4 N–H and O–H groups in total. The highest BCUT2D eigenvalue weighted by molar-refractivity contribution is 7.89. The summed E-state index contributed by atoms with van der Waals surface area (Å²) in [6.45, 7) is 2.51. The lowest BCUT2D eigenvalue weighted by atomic mass is 10.3. The minimum absolute atomic E-state index is 0.168. The van der Waals surface area contributed by atoms with Gasteiger partial charge < -0.3 is 15.5 Å². The van der Waals surface area contributed by atoms with E-state index in [-0.39, 0.29) is 4.90 Å². The Bertz CT molecular complexity index is 653. The van der Waals surface area contributed by atoms with E-state index < -0.39 is 16.1 Å². The van der Waals surface area contributed by atoms with Crippen molar-refractivity contribution >= 4 is 10.0 Å². The van der Waals surface area contributed by atoms with Crippen molar-refractivity contribution in [2.24, 2.45) is 5.73 Å². The average molecular weight is 310 g/mol. The lowest BCUT2D eigenvalue weighted by Gasteiger charge is -2.12. The SMILES string of the molecule is CC(NS(=O)(=O)c1ccc(OCCN)cc1)c1ncc[nH]1. The van der Waals surface area contributed by atoms with Crippen molar-refractivity contribution in [3.63, 3.8) is 0 Å². The molecule has 0 saturated carbocycles. The van der Waals surface area contributed by atoms with E-state index in [2.05, 4.69) is 14.7 Å². The zero-order chi connectivity index (χ0) is 15.3. The summed E-state index contributed by atoms with van der Waals surface area (Å²) >= 11 is 0. The van der Waals surface area contributed by atoms with Crippen molar-refractivity contribution in [3.8, 4) is 5.75 Å². The molecule has 21 heavy (non-hydrogen) atoms. The highest BCUT2D eigenvalue weighted by Gasteiger charge is 2.19. The number of hydrogen-bond acceptors (Lipinski definition) is 5. The number of H-pyrrole nitrogens is 1. The molecule has 2 rings (SSSR count). The maximum absolute atomic E-state index is 12.2. The minimum atomic E-state index is -3.61. The molecule has 0 saturated heterocycles. The van der Waals surface area contributed by atoms with Crippen molar-refractivity contribution in [3.05, 3.63) is 42.5 Å². The van der Waals surface area contributed by atoms with Gasteiger partial charge in [-0.3, -0.25) is 0 Å². The summed E-state index contributed by atoms with van der Waals surface area (Å²) in [6, 6.07) is 5.73. The van der Waals surface area contributed by atoms with Gasteiger partial charge in [-0.2, -0.15) is 0 Å². The van der Waals surface area contributed by atoms with Gasteiger partial charge in [0, 0.05) is 18.9 Å². The first-order valence-corrected chi connectivity index (χ1v) is 7.96. The van der Waals surface area contributed by atoms with Crippen LogP contribution in [-0.2, 0) is 10.0 Å². The highest BCUT2D eigenvalue weighted by atomic mass is 32.2. The maximum atomic E-state index is 12.2. The summed E-state index contributed by atoms with van der Waals surface area (Å²) in [5, 5.41) is 0. The first-order valence-electron chi connectivity index (χ1n) is 6.47. The van der Waals surface area contributed by atoms with Gasteiger partial charge in [-0.05, 0) is 31.2 Å². The number of sulfonamides is 1. The fraction of sp³-hybridized carbons (Fsp3) is 0.308. The van der Waals surface area contributed by atoms with Gasteiger partial charge in [0.25, 0.3) is 0 Å². The molecule has 7 nitrogen and oxygen atoms in total. The number of nitrogens with one attached hydrogen (secondary N) is 2. The van der Waals surface area contributed by atoms with E-state index in [0.29, 0.717) is 24.7 Å². The van der Waals surface area contributed by atoms with Crippen molar-refractivity contribution < 1.29 is 13.2 Å². The number of aromatic amines is 1. The quantitative estimate of drug-likeness (QED) is 0.700. The molecular weight excluding hydrogens is 292 g/mol. The molecule has 0 amide bonds. The van der Waals surface area contributed by atoms with E-state index >= 15 is 0 Å². The number of nitrogens with zero attached hydrogens (tertiary/aromatic N) is 1. The Balaban J connectivity index is 2.08. The molecule has 2 aromatic rings. The fourth-order valence-corrected chi connectivity index (χ4v) is 2.97. The Kier molecular flexibility index (Phi) is 4.94. The van der Waals surface area contributed by atoms with Crippen LogP contribution in [0.5, 0.6) is 5.75 Å². The topological polar surface area (TPSA) is 110 Å². The number of ether oxygens (including phenoxy) is 1. The largest absolute Gasteiger partial charge is 0.492 e. The molecule has 1 atom stereocenters. The lowest BCUT2D eigenvalue weighted by molar-refractivity contribution is 0.328. The van der Waals surface area contributed by atoms with Crippen LogP contribution in [0.2, 0.25) is 0 Å². The molecular formula is C13H18N4O3S. The summed E-state index contributed by atoms with van der Waals surface area (Å²) in [5.41, 5.74) is 5.34. The van der Waals surface area contributed by atoms with Crippen LogP contribution in [0, 0.1) is 0 Å². The second-order valence-electron chi connectivity index (χ2n) is 4.43. The predicted molar refractivity (Wildman–Crippen MR) is 78.3 cm³/mol. The molecule has 1 aromatic heterocycles. The van der Waals surface area contributed by atoms with Crippen molar-refractivity contribution in [1.29, 1.82) is 0 Å². The molecule has 0 aliphatic carbocycles. The van der Waals surface area contributed by atoms with Crippen LogP contribution < -0.4 is 15.2 Å². The van der Waals surface area contributed by atoms with E-state index in [0.717, 1.165) is 0 Å². The van der Waals surface area contributed by atoms with Crippen LogP contribution >= 0.6 is 0 Å². The predicted octanol–water partition coefficient (Wildman–Crippen LogP) is 0.787. The Labute approximate surface area is 123 Å². The standard InChI is InChI=1S/C13H18N4O3S/c1-10(13-15-7-8-16-13)17-21(18,19)12-4-2-11(3-5-12)20-9-6-14/h2-5,7-8,10,17H,6,9,14H2,1H3,(H,15,16). The summed E-state index contributed by atoms with van der Waals surface area (Å²) in [4.78, 5) is 7.07. The summed E-state index contributed by atoms with van der Waals surface area (Å²) in [6.07, 6.45) is 3.22. The number of benzene rings is 1. The Morgan fingerprint density at radius 3 is 2.67 bits per heavy atom. The van der Waals surface area contributed by atoms with Crippen molar-refractivity contribution in [1.82, 2.24) is 14.7 Å². The highest BCUT2D eigenvalue weighted by Crippen LogP contribution is 2.18. The zero-order valence-electron chi connectivity index (χ0n) is 11.6. The molecule has 8 heteroatoms. The minimum Gasteiger partial charge on any atom is -0.492 e. The van der Waals surface area contributed by atoms with Gasteiger partial charge in [0.05, 0.1) is 10.9 Å². The average Bonchev–Trinajstić information content (AvgIpc) is 2.99. The van der Waals surface area contributed by atoms with Crippen molar-refractivity contribution in [2.45, 2.75) is 17.9 Å². The third-order valence-corrected chi connectivity index (χ3v) is 4.34. The summed E-state index contributed by atoms with van der Waals surface area (Å²) in [7, 11) is -3.61. The fourth-order valence-electron chi connectivity index (χ4n) is 1.76. The Hall–Kier alpha value is -1.90. The monoisotopic (exact) mass is 310 g/mol. The lowest BCUT2D eigenvalue weighted by Crippen LogP contribution is -2.27. The van der Waals surface area contributed by atoms with Gasteiger partial charge in [-0.15, -0.1) is 0 Å². The Morgan fingerprint density at radius 1 is 1.38 bits per heavy atom. The normalized spacial score (nSPS) is 13.0. The summed E-state index contributed by atoms with van der Waals surface area (Å²) < 4.78 is 32.4. The van der Waals surface area contributed by atoms with Gasteiger partial charge in [0.1, 0.15) is 18.2 Å². The zero-order valence-corrected chi connectivity index (χ0v) is 12.4. The van der Waals surface area contributed by atoms with Crippen LogP contribution in [0.15, 0.2) is 41.6 Å². The van der Waals surface area contributed by atoms with Crippen LogP contribution in [0.1, 0.15) is 18.8 Å². The maximum Gasteiger partial charge on any atom is 0.241 e. The van der Waals surface area contributed by atoms with Gasteiger partial charge >= 0.3 is 0 Å². The number of nitrogens with two attached hydrogens (primary N) is 1. The van der Waals surface area contributed by atoms with Crippen LogP contribution in [0.4, 0.5) is 0 Å². The number of hydrogen-bond donors (Lipinski definition) is 3. The second-order valence-corrected chi connectivity index (χ2v) is 6.14. The second kappa shape index (κ2) is 6.70. The van der Waals surface area contributed by atoms with Gasteiger partial charge in [0.2, 0.25) is 10.0 Å². The molecule has 0 spiro atoms.